The van der Waals surface area contributed by atoms with Gasteiger partial charge in [-0.3, -0.25) is 0 Å². The minimum Gasteiger partial charge on any atom is -0.492 e. The van der Waals surface area contributed by atoms with E-state index in [-0.39, 0.29) is 0 Å². The second-order valence-corrected chi connectivity index (χ2v) is 4.97. The fourth-order valence-electron chi connectivity index (χ4n) is 2.90. The molecule has 0 radical (unpaired) electrons. The van der Waals surface area contributed by atoms with E-state index in [2.05, 4.69) is 4.99 Å². The van der Waals surface area contributed by atoms with Gasteiger partial charge in [0.1, 0.15) is 11.1 Å². The van der Waals surface area contributed by atoms with Gasteiger partial charge in [-0.05, 0) is 25.0 Å². The number of carbonyl (C=O) groups excluding carboxylic acids is 1. The summed E-state index contributed by atoms with van der Waals surface area (Å²) in [5.74, 6) is 0.642. The molecular weight excluding hydrogens is 258 g/mol. The predicted octanol–water partition coefficient (Wildman–Crippen LogP) is 3.51. The predicted molar refractivity (Wildman–Crippen MR) is 71.6 cm³/mol. The number of aliphatic imine (C=N–C) groups is 1. The molecule has 0 saturated heterocycles. The standard InChI is InChI=1S/C15H11NO4/c1-18-13-10-3-7-19-12(10)11(9-2-6-20-14(9)13)15(4-5-15)16-8-17/h2-3,6-7H,4-5H2,1H3. The zero-order valence-corrected chi connectivity index (χ0v) is 10.8. The Kier molecular flexibility index (Phi) is 2.12. The van der Waals surface area contributed by atoms with Gasteiger partial charge in [-0.15, -0.1) is 0 Å². The number of furan rings is 2. The summed E-state index contributed by atoms with van der Waals surface area (Å²) in [5, 5.41) is 1.71. The van der Waals surface area contributed by atoms with Crippen LogP contribution in [0.5, 0.6) is 5.75 Å². The highest BCUT2D eigenvalue weighted by Crippen LogP contribution is 2.55. The van der Waals surface area contributed by atoms with Crippen molar-refractivity contribution in [1.82, 2.24) is 0 Å². The van der Waals surface area contributed by atoms with Crippen molar-refractivity contribution in [3.8, 4) is 5.75 Å². The average Bonchev–Trinajstić information content (AvgIpc) is 2.89. The number of benzene rings is 1. The second-order valence-electron chi connectivity index (χ2n) is 4.97. The SMILES string of the molecule is COc1c2ccoc2c(C2(N=C=O)CC2)c2ccoc12. The lowest BCUT2D eigenvalue weighted by molar-refractivity contribution is 0.414. The fourth-order valence-corrected chi connectivity index (χ4v) is 2.90. The van der Waals surface area contributed by atoms with Crippen molar-refractivity contribution in [3.63, 3.8) is 0 Å². The van der Waals surface area contributed by atoms with Gasteiger partial charge >= 0.3 is 0 Å². The van der Waals surface area contributed by atoms with Crippen molar-refractivity contribution in [2.45, 2.75) is 18.4 Å². The molecule has 5 heteroatoms. The van der Waals surface area contributed by atoms with Crippen LogP contribution in [0.15, 0.2) is 38.5 Å². The maximum atomic E-state index is 10.7. The molecule has 1 aromatic carbocycles. The van der Waals surface area contributed by atoms with E-state index in [9.17, 15) is 4.79 Å². The van der Waals surface area contributed by atoms with Crippen LogP contribution in [-0.4, -0.2) is 13.2 Å². The van der Waals surface area contributed by atoms with Crippen molar-refractivity contribution >= 4 is 28.0 Å². The van der Waals surface area contributed by atoms with Gasteiger partial charge < -0.3 is 13.6 Å². The minimum absolute atomic E-state index is 0.522. The van der Waals surface area contributed by atoms with Crippen molar-refractivity contribution in [1.29, 1.82) is 0 Å². The Morgan fingerprint density at radius 1 is 1.20 bits per heavy atom. The molecular formula is C15H11NO4. The first-order valence-electron chi connectivity index (χ1n) is 6.34. The molecule has 100 valence electrons. The molecule has 0 bridgehead atoms. The van der Waals surface area contributed by atoms with Crippen LogP contribution >= 0.6 is 0 Å². The summed E-state index contributed by atoms with van der Waals surface area (Å²) >= 11 is 0. The molecule has 2 aromatic heterocycles. The molecule has 2 heterocycles. The van der Waals surface area contributed by atoms with Crippen LogP contribution < -0.4 is 4.74 Å². The molecule has 1 fully saturated rings. The van der Waals surface area contributed by atoms with Crippen LogP contribution in [0.1, 0.15) is 18.4 Å². The lowest BCUT2D eigenvalue weighted by Gasteiger charge is -2.12. The topological polar surface area (TPSA) is 64.9 Å². The van der Waals surface area contributed by atoms with Crippen molar-refractivity contribution in [2.75, 3.05) is 7.11 Å². The molecule has 20 heavy (non-hydrogen) atoms. The molecule has 1 aliphatic carbocycles. The summed E-state index contributed by atoms with van der Waals surface area (Å²) in [7, 11) is 1.60. The van der Waals surface area contributed by atoms with Crippen LogP contribution in [0.3, 0.4) is 0 Å². The molecule has 5 nitrogen and oxygen atoms in total. The first-order chi connectivity index (χ1) is 9.80. The molecule has 0 unspecified atom stereocenters. The fraction of sp³-hybridized carbons (Fsp3) is 0.267. The third kappa shape index (κ3) is 1.27. The maximum Gasteiger partial charge on any atom is 0.235 e. The number of hydrogen-bond donors (Lipinski definition) is 0. The van der Waals surface area contributed by atoms with E-state index < -0.39 is 5.54 Å². The van der Waals surface area contributed by atoms with E-state index in [1.165, 1.54) is 0 Å². The average molecular weight is 269 g/mol. The summed E-state index contributed by atoms with van der Waals surface area (Å²) in [6.07, 6.45) is 6.52. The first kappa shape index (κ1) is 11.3. The van der Waals surface area contributed by atoms with E-state index >= 15 is 0 Å². The molecule has 0 amide bonds. The summed E-state index contributed by atoms with van der Waals surface area (Å²) in [6.45, 7) is 0. The van der Waals surface area contributed by atoms with E-state index in [0.717, 1.165) is 29.2 Å². The Labute approximate surface area is 113 Å². The van der Waals surface area contributed by atoms with Crippen LogP contribution in [0, 0.1) is 0 Å². The normalized spacial score (nSPS) is 16.2. The Morgan fingerprint density at radius 2 is 1.90 bits per heavy atom. The lowest BCUT2D eigenvalue weighted by Crippen LogP contribution is -2.04. The quantitative estimate of drug-likeness (QED) is 0.539. The van der Waals surface area contributed by atoms with Gasteiger partial charge in [0.2, 0.25) is 6.08 Å². The van der Waals surface area contributed by atoms with Crippen LogP contribution in [0.4, 0.5) is 0 Å². The summed E-state index contributed by atoms with van der Waals surface area (Å²) < 4.78 is 16.6. The third-order valence-corrected chi connectivity index (χ3v) is 3.93. The zero-order valence-electron chi connectivity index (χ0n) is 10.8. The number of nitrogens with zero attached hydrogens (tertiary/aromatic N) is 1. The van der Waals surface area contributed by atoms with E-state index in [0.29, 0.717) is 16.9 Å². The largest absolute Gasteiger partial charge is 0.492 e. The number of isocyanates is 1. The van der Waals surface area contributed by atoms with E-state index in [1.807, 2.05) is 12.1 Å². The van der Waals surface area contributed by atoms with Gasteiger partial charge in [-0.2, -0.15) is 4.99 Å². The van der Waals surface area contributed by atoms with Crippen molar-refractivity contribution in [2.24, 2.45) is 4.99 Å². The number of rotatable bonds is 3. The van der Waals surface area contributed by atoms with Gasteiger partial charge in [0.15, 0.2) is 11.3 Å². The van der Waals surface area contributed by atoms with Gasteiger partial charge in [0.25, 0.3) is 0 Å². The lowest BCUT2D eigenvalue weighted by atomic mass is 9.98. The Balaban J connectivity index is 2.20. The number of fused-ring (bicyclic) bond motifs is 2. The van der Waals surface area contributed by atoms with Gasteiger partial charge in [0, 0.05) is 10.9 Å². The molecule has 0 N–H and O–H groups in total. The molecule has 0 atom stereocenters. The van der Waals surface area contributed by atoms with E-state index in [4.69, 9.17) is 13.6 Å². The van der Waals surface area contributed by atoms with Gasteiger partial charge in [0.05, 0.1) is 25.0 Å². The number of methoxy groups -OCH3 is 1. The number of ether oxygens (including phenoxy) is 1. The molecule has 0 spiro atoms. The smallest absolute Gasteiger partial charge is 0.235 e. The van der Waals surface area contributed by atoms with Crippen LogP contribution in [0.2, 0.25) is 0 Å². The highest BCUT2D eigenvalue weighted by molar-refractivity contribution is 6.05. The highest BCUT2D eigenvalue weighted by Gasteiger charge is 2.48. The first-order valence-corrected chi connectivity index (χ1v) is 6.34. The van der Waals surface area contributed by atoms with Crippen molar-refractivity contribution in [3.05, 3.63) is 30.2 Å². The number of hydrogen-bond acceptors (Lipinski definition) is 5. The molecule has 1 aliphatic rings. The van der Waals surface area contributed by atoms with Crippen molar-refractivity contribution < 1.29 is 18.4 Å². The zero-order chi connectivity index (χ0) is 13.7. The third-order valence-electron chi connectivity index (χ3n) is 3.93. The van der Waals surface area contributed by atoms with Gasteiger partial charge in [-0.25, -0.2) is 4.79 Å². The summed E-state index contributed by atoms with van der Waals surface area (Å²) in [6, 6.07) is 3.69. The molecule has 4 rings (SSSR count). The molecule has 3 aromatic rings. The maximum absolute atomic E-state index is 10.7. The monoisotopic (exact) mass is 269 g/mol. The van der Waals surface area contributed by atoms with Crippen LogP contribution in [-0.2, 0) is 10.3 Å². The van der Waals surface area contributed by atoms with E-state index in [1.54, 1.807) is 25.7 Å². The van der Waals surface area contributed by atoms with Crippen LogP contribution in [0.25, 0.3) is 21.9 Å². The summed E-state index contributed by atoms with van der Waals surface area (Å²) in [5.41, 5.74) is 1.73. The summed E-state index contributed by atoms with van der Waals surface area (Å²) in [4.78, 5) is 14.7. The minimum atomic E-state index is -0.522. The molecule has 0 aliphatic heterocycles. The molecule has 1 saturated carbocycles. The van der Waals surface area contributed by atoms with Gasteiger partial charge in [-0.1, -0.05) is 0 Å². The second kappa shape index (κ2) is 3.74. The highest BCUT2D eigenvalue weighted by atomic mass is 16.5. The Morgan fingerprint density at radius 3 is 2.55 bits per heavy atom. The Bertz CT molecular complexity index is 811. The Hall–Kier alpha value is -2.52.